The van der Waals surface area contributed by atoms with Gasteiger partial charge in [-0.2, -0.15) is 0 Å². The van der Waals surface area contributed by atoms with Crippen LogP contribution in [-0.2, 0) is 17.8 Å². The van der Waals surface area contributed by atoms with Crippen molar-refractivity contribution >= 4 is 17.5 Å². The minimum Gasteiger partial charge on any atom is -0.496 e. The molecule has 2 aromatic rings. The van der Waals surface area contributed by atoms with E-state index in [1.165, 1.54) is 5.56 Å². The van der Waals surface area contributed by atoms with E-state index < -0.39 is 0 Å². The van der Waals surface area contributed by atoms with Crippen LogP contribution in [0.2, 0.25) is 5.02 Å². The van der Waals surface area contributed by atoms with Crippen LogP contribution >= 0.6 is 11.6 Å². The highest BCUT2D eigenvalue weighted by molar-refractivity contribution is 6.30. The quantitative estimate of drug-likeness (QED) is 0.769. The molecule has 1 saturated heterocycles. The SMILES string of the molecule is COc1ccc(Cl)cc1CC(=O)N1CCN(Cc2ccc3c(c2)OCO3)CC1. The van der Waals surface area contributed by atoms with Crippen LogP contribution in [0.3, 0.4) is 0 Å². The van der Waals surface area contributed by atoms with Crippen molar-refractivity contribution in [2.45, 2.75) is 13.0 Å². The fourth-order valence-electron chi connectivity index (χ4n) is 3.61. The first-order valence-corrected chi connectivity index (χ1v) is 9.71. The summed E-state index contributed by atoms with van der Waals surface area (Å²) in [4.78, 5) is 17.0. The Bertz CT molecular complexity index is 865. The third-order valence-electron chi connectivity index (χ3n) is 5.15. The molecule has 0 spiro atoms. The zero-order valence-corrected chi connectivity index (χ0v) is 16.6. The number of hydrogen-bond acceptors (Lipinski definition) is 5. The highest BCUT2D eigenvalue weighted by atomic mass is 35.5. The molecule has 2 aliphatic rings. The molecule has 6 nitrogen and oxygen atoms in total. The molecule has 0 aromatic heterocycles. The average molecular weight is 403 g/mol. The van der Waals surface area contributed by atoms with E-state index in [-0.39, 0.29) is 12.7 Å². The van der Waals surface area contributed by atoms with E-state index in [2.05, 4.69) is 11.0 Å². The van der Waals surface area contributed by atoms with Gasteiger partial charge in [-0.1, -0.05) is 17.7 Å². The van der Waals surface area contributed by atoms with Crippen molar-refractivity contribution in [2.24, 2.45) is 0 Å². The van der Waals surface area contributed by atoms with Crippen molar-refractivity contribution in [3.63, 3.8) is 0 Å². The van der Waals surface area contributed by atoms with Crippen molar-refractivity contribution in [3.8, 4) is 17.2 Å². The summed E-state index contributed by atoms with van der Waals surface area (Å²) in [7, 11) is 1.60. The molecule has 2 heterocycles. The fourth-order valence-corrected chi connectivity index (χ4v) is 3.81. The lowest BCUT2D eigenvalue weighted by Crippen LogP contribution is -2.48. The Morgan fingerprint density at radius 3 is 2.64 bits per heavy atom. The average Bonchev–Trinajstić information content (AvgIpc) is 3.16. The lowest BCUT2D eigenvalue weighted by atomic mass is 10.1. The van der Waals surface area contributed by atoms with Gasteiger partial charge >= 0.3 is 0 Å². The lowest BCUT2D eigenvalue weighted by Gasteiger charge is -2.35. The highest BCUT2D eigenvalue weighted by Crippen LogP contribution is 2.33. The molecule has 148 valence electrons. The molecule has 0 saturated carbocycles. The normalized spacial score (nSPS) is 16.3. The van der Waals surface area contributed by atoms with Gasteiger partial charge in [-0.15, -0.1) is 0 Å². The largest absolute Gasteiger partial charge is 0.496 e. The summed E-state index contributed by atoms with van der Waals surface area (Å²) in [6.45, 7) is 4.23. The van der Waals surface area contributed by atoms with Crippen LogP contribution in [0, 0.1) is 0 Å². The van der Waals surface area contributed by atoms with Gasteiger partial charge in [-0.3, -0.25) is 9.69 Å². The monoisotopic (exact) mass is 402 g/mol. The Balaban J connectivity index is 1.31. The molecule has 0 unspecified atom stereocenters. The minimum absolute atomic E-state index is 0.100. The number of fused-ring (bicyclic) bond motifs is 1. The van der Waals surface area contributed by atoms with Gasteiger partial charge in [0.15, 0.2) is 11.5 Å². The van der Waals surface area contributed by atoms with Crippen molar-refractivity contribution < 1.29 is 19.0 Å². The number of methoxy groups -OCH3 is 1. The first-order chi connectivity index (χ1) is 13.6. The van der Waals surface area contributed by atoms with Gasteiger partial charge in [0, 0.05) is 43.3 Å². The van der Waals surface area contributed by atoms with E-state index in [0.29, 0.717) is 30.3 Å². The van der Waals surface area contributed by atoms with Gasteiger partial charge in [0.25, 0.3) is 0 Å². The summed E-state index contributed by atoms with van der Waals surface area (Å²) >= 11 is 6.07. The standard InChI is InChI=1S/C21H23ClN2O4/c1-26-18-5-3-17(22)11-16(18)12-21(25)24-8-6-23(7-9-24)13-15-2-4-19-20(10-15)28-14-27-19/h2-5,10-11H,6-9,12-14H2,1H3. The third-order valence-corrected chi connectivity index (χ3v) is 5.39. The van der Waals surface area contributed by atoms with E-state index in [9.17, 15) is 4.79 Å². The molecular weight excluding hydrogens is 380 g/mol. The van der Waals surface area contributed by atoms with Crippen molar-refractivity contribution in [2.75, 3.05) is 40.1 Å². The zero-order valence-electron chi connectivity index (χ0n) is 15.8. The Labute approximate surface area is 169 Å². The van der Waals surface area contributed by atoms with E-state index in [1.54, 1.807) is 25.3 Å². The molecule has 1 amide bonds. The smallest absolute Gasteiger partial charge is 0.231 e. The van der Waals surface area contributed by atoms with Gasteiger partial charge in [0.2, 0.25) is 12.7 Å². The molecule has 0 aliphatic carbocycles. The molecule has 28 heavy (non-hydrogen) atoms. The summed E-state index contributed by atoms with van der Waals surface area (Å²) < 4.78 is 16.2. The Morgan fingerprint density at radius 2 is 1.86 bits per heavy atom. The summed E-state index contributed by atoms with van der Waals surface area (Å²) in [6, 6.07) is 11.4. The Morgan fingerprint density at radius 1 is 1.07 bits per heavy atom. The lowest BCUT2D eigenvalue weighted by molar-refractivity contribution is -0.132. The molecule has 7 heteroatoms. The van der Waals surface area contributed by atoms with Crippen molar-refractivity contribution in [1.82, 2.24) is 9.80 Å². The van der Waals surface area contributed by atoms with Crippen LogP contribution in [0.4, 0.5) is 0 Å². The molecule has 0 atom stereocenters. The van der Waals surface area contributed by atoms with E-state index >= 15 is 0 Å². The van der Waals surface area contributed by atoms with Gasteiger partial charge < -0.3 is 19.1 Å². The topological polar surface area (TPSA) is 51.2 Å². The summed E-state index contributed by atoms with van der Waals surface area (Å²) in [6.07, 6.45) is 0.298. The maximum absolute atomic E-state index is 12.7. The number of carbonyl (C=O) groups is 1. The minimum atomic E-state index is 0.100. The van der Waals surface area contributed by atoms with Crippen LogP contribution in [-0.4, -0.2) is 55.8 Å². The summed E-state index contributed by atoms with van der Waals surface area (Å²) in [5.41, 5.74) is 2.01. The fraction of sp³-hybridized carbons (Fsp3) is 0.381. The predicted molar refractivity (Wildman–Crippen MR) is 106 cm³/mol. The van der Waals surface area contributed by atoms with Gasteiger partial charge in [-0.05, 0) is 35.9 Å². The van der Waals surface area contributed by atoms with Gasteiger partial charge in [0.1, 0.15) is 5.75 Å². The van der Waals surface area contributed by atoms with Crippen LogP contribution in [0.15, 0.2) is 36.4 Å². The maximum Gasteiger partial charge on any atom is 0.231 e. The molecule has 4 rings (SSSR count). The van der Waals surface area contributed by atoms with E-state index in [0.717, 1.165) is 36.7 Å². The van der Waals surface area contributed by atoms with Gasteiger partial charge in [-0.25, -0.2) is 0 Å². The summed E-state index contributed by atoms with van der Waals surface area (Å²) in [5, 5.41) is 0.608. The molecule has 2 aliphatic heterocycles. The molecular formula is C21H23ClN2O4. The second-order valence-corrected chi connectivity index (χ2v) is 7.41. The molecule has 0 bridgehead atoms. The predicted octanol–water partition coefficient (Wildman–Crippen LogP) is 2.96. The van der Waals surface area contributed by atoms with E-state index in [1.807, 2.05) is 17.0 Å². The van der Waals surface area contributed by atoms with Crippen LogP contribution in [0.1, 0.15) is 11.1 Å². The molecule has 1 fully saturated rings. The van der Waals surface area contributed by atoms with E-state index in [4.69, 9.17) is 25.8 Å². The number of rotatable bonds is 5. The first kappa shape index (κ1) is 18.9. The number of ether oxygens (including phenoxy) is 3. The zero-order chi connectivity index (χ0) is 19.5. The Hall–Kier alpha value is -2.44. The number of carbonyl (C=O) groups excluding carboxylic acids is 1. The van der Waals surface area contributed by atoms with Crippen molar-refractivity contribution in [3.05, 3.63) is 52.5 Å². The highest BCUT2D eigenvalue weighted by Gasteiger charge is 2.23. The third kappa shape index (κ3) is 4.18. The Kier molecular flexibility index (Phi) is 5.59. The van der Waals surface area contributed by atoms with Crippen molar-refractivity contribution in [1.29, 1.82) is 0 Å². The number of benzene rings is 2. The summed E-state index contributed by atoms with van der Waals surface area (Å²) in [5.74, 6) is 2.40. The van der Waals surface area contributed by atoms with Crippen LogP contribution in [0.5, 0.6) is 17.2 Å². The second kappa shape index (κ2) is 8.29. The molecule has 0 radical (unpaired) electrons. The number of amides is 1. The van der Waals surface area contributed by atoms with Gasteiger partial charge in [0.05, 0.1) is 13.5 Å². The number of halogens is 1. The number of piperazine rings is 1. The second-order valence-electron chi connectivity index (χ2n) is 6.98. The molecule has 2 aromatic carbocycles. The van der Waals surface area contributed by atoms with Crippen LogP contribution in [0.25, 0.3) is 0 Å². The molecule has 0 N–H and O–H groups in total. The first-order valence-electron chi connectivity index (χ1n) is 9.33. The van der Waals surface area contributed by atoms with Crippen LogP contribution < -0.4 is 14.2 Å². The number of hydrogen-bond donors (Lipinski definition) is 0. The number of nitrogens with zero attached hydrogens (tertiary/aromatic N) is 2. The maximum atomic E-state index is 12.7.